The summed E-state index contributed by atoms with van der Waals surface area (Å²) in [5, 5.41) is 4.85. The first-order chi connectivity index (χ1) is 15.7. The van der Waals surface area contributed by atoms with Gasteiger partial charge in [-0.3, -0.25) is 4.72 Å². The van der Waals surface area contributed by atoms with Crippen LogP contribution in [-0.2, 0) is 10.0 Å². The maximum absolute atomic E-state index is 14.9. The predicted molar refractivity (Wildman–Crippen MR) is 113 cm³/mol. The van der Waals surface area contributed by atoms with Crippen LogP contribution in [0.4, 0.5) is 40.7 Å². The highest BCUT2D eigenvalue weighted by atomic mass is 32.2. The summed E-state index contributed by atoms with van der Waals surface area (Å²) in [6.07, 6.45) is 1.93. The molecular weight excluding hydrogens is 468 g/mol. The predicted octanol–water partition coefficient (Wildman–Crippen LogP) is 3.18. The summed E-state index contributed by atoms with van der Waals surface area (Å²) in [4.78, 5) is 19.4. The zero-order valence-electron chi connectivity index (χ0n) is 17.1. The van der Waals surface area contributed by atoms with Crippen LogP contribution in [0.15, 0.2) is 31.0 Å². The number of pyridine rings is 1. The smallest absolute Gasteiger partial charge is 0.255 e. The number of nitrogens with one attached hydrogen (secondary N) is 3. The van der Waals surface area contributed by atoms with Crippen molar-refractivity contribution in [3.63, 3.8) is 0 Å². The lowest BCUT2D eigenvalue weighted by molar-refractivity contribution is 0.163. The molecule has 3 N–H and O–H groups in total. The van der Waals surface area contributed by atoms with E-state index >= 15 is 0 Å². The molecule has 33 heavy (non-hydrogen) atoms. The van der Waals surface area contributed by atoms with Gasteiger partial charge >= 0.3 is 0 Å². The number of anilines is 4. The molecule has 0 aliphatic rings. The molecule has 3 aromatic rings. The third-order valence-electron chi connectivity index (χ3n) is 3.99. The van der Waals surface area contributed by atoms with E-state index in [4.69, 9.17) is 0 Å². The number of sulfonamides is 1. The molecule has 3 aromatic heterocycles. The van der Waals surface area contributed by atoms with Crippen molar-refractivity contribution in [3.05, 3.63) is 42.6 Å². The van der Waals surface area contributed by atoms with E-state index < -0.39 is 46.1 Å². The SMILES string of the molecule is CCCS(=O)(=O)Nc1ncc(F)c(Nc2nccnc2-c2cc(NCC(F)F)ncn2)c1F. The van der Waals surface area contributed by atoms with Crippen LogP contribution < -0.4 is 15.4 Å². The highest BCUT2D eigenvalue weighted by Gasteiger charge is 2.21. The second-order valence-electron chi connectivity index (χ2n) is 6.50. The van der Waals surface area contributed by atoms with E-state index in [9.17, 15) is 26.0 Å². The van der Waals surface area contributed by atoms with Crippen molar-refractivity contribution in [2.24, 2.45) is 0 Å². The summed E-state index contributed by atoms with van der Waals surface area (Å²) < 4.78 is 80.1. The van der Waals surface area contributed by atoms with Crippen LogP contribution in [0.5, 0.6) is 0 Å². The van der Waals surface area contributed by atoms with Crippen LogP contribution in [0, 0.1) is 11.6 Å². The van der Waals surface area contributed by atoms with E-state index in [1.165, 1.54) is 18.5 Å². The minimum atomic E-state index is -3.89. The summed E-state index contributed by atoms with van der Waals surface area (Å²) >= 11 is 0. The van der Waals surface area contributed by atoms with Crippen molar-refractivity contribution in [3.8, 4) is 11.4 Å². The average Bonchev–Trinajstić information content (AvgIpc) is 2.77. The molecule has 0 radical (unpaired) electrons. The number of aromatic nitrogens is 5. The minimum Gasteiger partial charge on any atom is -0.364 e. The van der Waals surface area contributed by atoms with E-state index in [1.54, 1.807) is 6.92 Å². The Morgan fingerprint density at radius 2 is 1.79 bits per heavy atom. The van der Waals surface area contributed by atoms with Gasteiger partial charge in [0.25, 0.3) is 6.43 Å². The summed E-state index contributed by atoms with van der Waals surface area (Å²) in [6, 6.07) is 1.31. The third kappa shape index (κ3) is 6.21. The fourth-order valence-corrected chi connectivity index (χ4v) is 3.70. The van der Waals surface area contributed by atoms with Crippen molar-refractivity contribution in [1.29, 1.82) is 0 Å². The molecule has 0 atom stereocenters. The van der Waals surface area contributed by atoms with Crippen molar-refractivity contribution in [2.75, 3.05) is 27.7 Å². The molecule has 176 valence electrons. The van der Waals surface area contributed by atoms with Gasteiger partial charge in [-0.05, 0) is 6.42 Å². The zero-order valence-corrected chi connectivity index (χ0v) is 17.9. The van der Waals surface area contributed by atoms with Crippen LogP contribution in [0.1, 0.15) is 13.3 Å². The first kappa shape index (κ1) is 24.0. The monoisotopic (exact) mass is 486 g/mol. The lowest BCUT2D eigenvalue weighted by atomic mass is 10.2. The molecule has 0 saturated heterocycles. The number of hydrogen-bond acceptors (Lipinski definition) is 9. The Labute approximate surface area is 186 Å². The molecule has 0 aliphatic carbocycles. The van der Waals surface area contributed by atoms with E-state index in [2.05, 4.69) is 35.6 Å². The molecule has 15 heteroatoms. The quantitative estimate of drug-likeness (QED) is 0.369. The van der Waals surface area contributed by atoms with Gasteiger partial charge in [0.05, 0.1) is 24.2 Å². The molecule has 0 fully saturated rings. The second-order valence-corrected chi connectivity index (χ2v) is 8.35. The van der Waals surface area contributed by atoms with Crippen molar-refractivity contribution >= 4 is 33.2 Å². The summed E-state index contributed by atoms with van der Waals surface area (Å²) in [5.41, 5.74) is -0.578. The van der Waals surface area contributed by atoms with Crippen molar-refractivity contribution in [1.82, 2.24) is 24.9 Å². The third-order valence-corrected chi connectivity index (χ3v) is 5.44. The molecule has 0 amide bonds. The number of alkyl halides is 2. The van der Waals surface area contributed by atoms with E-state index in [0.29, 0.717) is 6.20 Å². The van der Waals surface area contributed by atoms with Crippen LogP contribution in [0.3, 0.4) is 0 Å². The van der Waals surface area contributed by atoms with E-state index in [1.807, 2.05) is 4.72 Å². The molecule has 0 aliphatic heterocycles. The lowest BCUT2D eigenvalue weighted by Gasteiger charge is -2.14. The Balaban J connectivity index is 1.95. The first-order valence-electron chi connectivity index (χ1n) is 9.47. The fraction of sp³-hybridized carbons (Fsp3) is 0.278. The van der Waals surface area contributed by atoms with Gasteiger partial charge in [0, 0.05) is 18.5 Å². The number of hydrogen-bond donors (Lipinski definition) is 3. The Morgan fingerprint density at radius 1 is 1.03 bits per heavy atom. The van der Waals surface area contributed by atoms with Gasteiger partial charge in [0.2, 0.25) is 10.0 Å². The molecule has 0 bridgehead atoms. The minimum absolute atomic E-state index is 0.0312. The molecule has 10 nitrogen and oxygen atoms in total. The van der Waals surface area contributed by atoms with Gasteiger partial charge in [-0.1, -0.05) is 6.92 Å². The van der Waals surface area contributed by atoms with Crippen LogP contribution in [0.2, 0.25) is 0 Å². The Hall–Kier alpha value is -3.62. The number of rotatable bonds is 10. The molecule has 3 rings (SSSR count). The van der Waals surface area contributed by atoms with E-state index in [0.717, 1.165) is 6.33 Å². The summed E-state index contributed by atoms with van der Waals surface area (Å²) in [6.45, 7) is 0.976. The summed E-state index contributed by atoms with van der Waals surface area (Å²) in [5.74, 6) is -3.46. The molecule has 3 heterocycles. The highest BCUT2D eigenvalue weighted by molar-refractivity contribution is 7.92. The molecule has 0 unspecified atom stereocenters. The number of halogens is 4. The largest absolute Gasteiger partial charge is 0.364 e. The van der Waals surface area contributed by atoms with Gasteiger partial charge in [-0.15, -0.1) is 0 Å². The molecule has 0 saturated carbocycles. The maximum atomic E-state index is 14.9. The van der Waals surface area contributed by atoms with Gasteiger partial charge in [-0.2, -0.15) is 0 Å². The molecular formula is C18H18F4N8O2S. The Morgan fingerprint density at radius 3 is 2.52 bits per heavy atom. The topological polar surface area (TPSA) is 135 Å². The summed E-state index contributed by atoms with van der Waals surface area (Å²) in [7, 11) is -3.89. The highest BCUT2D eigenvalue weighted by Crippen LogP contribution is 2.30. The van der Waals surface area contributed by atoms with Gasteiger partial charge in [-0.25, -0.2) is 50.9 Å². The van der Waals surface area contributed by atoms with Crippen molar-refractivity contribution < 1.29 is 26.0 Å². The lowest BCUT2D eigenvalue weighted by Crippen LogP contribution is -2.18. The normalized spacial score (nSPS) is 11.5. The van der Waals surface area contributed by atoms with Crippen LogP contribution >= 0.6 is 0 Å². The fourth-order valence-electron chi connectivity index (χ4n) is 2.62. The standard InChI is InChI=1S/C18H18F4N8O2S/c1-2-5-33(31,32)30-17-14(22)15(10(19)7-26-17)29-18-16(23-3-4-24-18)11-6-13(28-9-27-11)25-8-12(20)21/h3-4,6-7,9,12H,2,5,8H2,1H3,(H,25,27,28)(H2,24,26,29,30). The zero-order chi connectivity index (χ0) is 24.0. The number of nitrogens with zero attached hydrogens (tertiary/aromatic N) is 5. The molecule has 0 aromatic carbocycles. The first-order valence-corrected chi connectivity index (χ1v) is 11.1. The van der Waals surface area contributed by atoms with Crippen LogP contribution in [0.25, 0.3) is 11.4 Å². The molecule has 0 spiro atoms. The second kappa shape index (κ2) is 10.3. The Bertz CT molecular complexity index is 1230. The van der Waals surface area contributed by atoms with E-state index in [-0.39, 0.29) is 35.2 Å². The van der Waals surface area contributed by atoms with Crippen LogP contribution in [-0.4, -0.2) is 52.1 Å². The van der Waals surface area contributed by atoms with Gasteiger partial charge in [0.15, 0.2) is 23.3 Å². The van der Waals surface area contributed by atoms with Gasteiger partial charge in [0.1, 0.15) is 23.5 Å². The van der Waals surface area contributed by atoms with Crippen molar-refractivity contribution in [2.45, 2.75) is 19.8 Å². The average molecular weight is 486 g/mol. The van der Waals surface area contributed by atoms with Gasteiger partial charge < -0.3 is 10.6 Å². The Kier molecular flexibility index (Phi) is 7.52. The maximum Gasteiger partial charge on any atom is 0.255 e.